The van der Waals surface area contributed by atoms with Gasteiger partial charge in [-0.2, -0.15) is 0 Å². The summed E-state index contributed by atoms with van der Waals surface area (Å²) in [6, 6.07) is 35.6. The van der Waals surface area contributed by atoms with Gasteiger partial charge in [-0.25, -0.2) is 0 Å². The highest BCUT2D eigenvalue weighted by Gasteiger charge is 2.22. The molecule has 2 heteroatoms. The van der Waals surface area contributed by atoms with Gasteiger partial charge in [0, 0.05) is 26.1 Å². The van der Waals surface area contributed by atoms with Crippen LogP contribution in [0.15, 0.2) is 97.1 Å². The van der Waals surface area contributed by atoms with Crippen molar-refractivity contribution < 1.29 is 0 Å². The van der Waals surface area contributed by atoms with Gasteiger partial charge in [-0.15, -0.1) is 22.7 Å². The normalized spacial score (nSPS) is 15.5. The number of aryl methyl sites for hydroxylation is 2. The molecule has 1 aliphatic rings. The Hall–Kier alpha value is -3.72. The Morgan fingerprint density at radius 3 is 1.77 bits per heavy atom. The number of hydrogen-bond acceptors (Lipinski definition) is 2. The van der Waals surface area contributed by atoms with Gasteiger partial charge in [0.25, 0.3) is 0 Å². The highest BCUT2D eigenvalue weighted by molar-refractivity contribution is 7.36. The molecule has 1 aliphatic carbocycles. The van der Waals surface area contributed by atoms with Crippen molar-refractivity contribution >= 4 is 69.1 Å². The number of fused-ring (bicyclic) bond motifs is 9. The van der Waals surface area contributed by atoms with Gasteiger partial charge >= 0.3 is 0 Å². The van der Waals surface area contributed by atoms with Gasteiger partial charge in [0.15, 0.2) is 0 Å². The summed E-state index contributed by atoms with van der Waals surface area (Å²) in [4.78, 5) is 0. The van der Waals surface area contributed by atoms with Crippen LogP contribution in [0.1, 0.15) is 127 Å². The van der Waals surface area contributed by atoms with E-state index in [1.54, 1.807) is 0 Å². The van der Waals surface area contributed by atoms with Gasteiger partial charge in [0.1, 0.15) is 0 Å². The Morgan fingerprint density at radius 1 is 0.554 bits per heavy atom. The zero-order chi connectivity index (χ0) is 38.8. The predicted octanol–water partition coefficient (Wildman–Crippen LogP) is 17.2. The fourth-order valence-corrected chi connectivity index (χ4v) is 11.9. The fraction of sp³-hybridized carbons (Fsp3) is 0.407. The third-order valence-electron chi connectivity index (χ3n) is 12.8. The van der Waals surface area contributed by atoms with Crippen LogP contribution in [-0.2, 0) is 19.3 Å². The molecule has 0 saturated heterocycles. The first kappa shape index (κ1) is 39.1. The molecule has 0 radical (unpaired) electrons. The Labute approximate surface area is 345 Å². The van der Waals surface area contributed by atoms with E-state index in [9.17, 15) is 0 Å². The largest absolute Gasteiger partial charge is 0.134 e. The van der Waals surface area contributed by atoms with Gasteiger partial charge in [0.2, 0.25) is 0 Å². The SMILES string of the molecule is CC(C)CCCC(C)CCc1ccc(-c2ccc3c(ccc4sc5c(sc6ccc7c(c65)C=CC(c5ccc(CCC(C)CCCC(C)C)cc5)C7)c43)c2)cc1. The van der Waals surface area contributed by atoms with Crippen LogP contribution < -0.4 is 0 Å². The van der Waals surface area contributed by atoms with E-state index in [1.807, 2.05) is 22.7 Å². The lowest BCUT2D eigenvalue weighted by Crippen LogP contribution is -2.06. The van der Waals surface area contributed by atoms with Crippen LogP contribution in [0.5, 0.6) is 0 Å². The topological polar surface area (TPSA) is 0 Å². The highest BCUT2D eigenvalue weighted by atomic mass is 32.1. The van der Waals surface area contributed by atoms with Crippen molar-refractivity contribution in [2.24, 2.45) is 23.7 Å². The number of rotatable bonds is 16. The minimum atomic E-state index is 0.433. The molecule has 290 valence electrons. The van der Waals surface area contributed by atoms with E-state index in [4.69, 9.17) is 0 Å². The van der Waals surface area contributed by atoms with E-state index in [0.29, 0.717) is 5.92 Å². The molecular weight excluding hydrogens is 713 g/mol. The van der Waals surface area contributed by atoms with Crippen LogP contribution in [0.3, 0.4) is 0 Å². The van der Waals surface area contributed by atoms with Gasteiger partial charge < -0.3 is 0 Å². The van der Waals surface area contributed by atoms with Crippen molar-refractivity contribution in [2.75, 3.05) is 0 Å². The summed E-state index contributed by atoms with van der Waals surface area (Å²) in [6.07, 6.45) is 19.1. The summed E-state index contributed by atoms with van der Waals surface area (Å²) in [6.45, 7) is 14.2. The Balaban J connectivity index is 0.975. The molecule has 56 heavy (non-hydrogen) atoms. The molecule has 0 nitrogen and oxygen atoms in total. The van der Waals surface area contributed by atoms with Gasteiger partial charge in [-0.3, -0.25) is 0 Å². The first-order chi connectivity index (χ1) is 27.2. The zero-order valence-electron chi connectivity index (χ0n) is 34.8. The number of thiophene rings is 2. The number of benzene rings is 5. The van der Waals surface area contributed by atoms with E-state index in [0.717, 1.165) is 30.1 Å². The first-order valence-corrected chi connectivity index (χ1v) is 23.5. The monoisotopic (exact) mass is 774 g/mol. The minimum Gasteiger partial charge on any atom is -0.134 e. The summed E-state index contributed by atoms with van der Waals surface area (Å²) in [5, 5.41) is 5.61. The van der Waals surface area contributed by atoms with Crippen molar-refractivity contribution in [3.8, 4) is 11.1 Å². The average Bonchev–Trinajstić information content (AvgIpc) is 3.75. The average molecular weight is 775 g/mol. The van der Waals surface area contributed by atoms with Gasteiger partial charge in [0.05, 0.1) is 9.40 Å². The van der Waals surface area contributed by atoms with Crippen molar-refractivity contribution in [1.82, 2.24) is 0 Å². The molecule has 0 bridgehead atoms. The molecule has 2 aromatic heterocycles. The molecule has 5 aromatic carbocycles. The number of allylic oxidation sites excluding steroid dienone is 1. The number of hydrogen-bond donors (Lipinski definition) is 0. The molecule has 0 N–H and O–H groups in total. The summed E-state index contributed by atoms with van der Waals surface area (Å²) in [7, 11) is 0. The van der Waals surface area contributed by atoms with Crippen molar-refractivity contribution in [3.63, 3.8) is 0 Å². The lowest BCUT2D eigenvalue weighted by Gasteiger charge is -2.21. The second kappa shape index (κ2) is 17.4. The molecule has 0 spiro atoms. The zero-order valence-corrected chi connectivity index (χ0v) is 36.4. The van der Waals surface area contributed by atoms with Crippen molar-refractivity contribution in [2.45, 2.75) is 118 Å². The summed E-state index contributed by atoms with van der Waals surface area (Å²) in [5.41, 5.74) is 9.92. The quantitative estimate of drug-likeness (QED) is 0.0917. The van der Waals surface area contributed by atoms with E-state index in [-0.39, 0.29) is 0 Å². The van der Waals surface area contributed by atoms with Crippen LogP contribution >= 0.6 is 22.7 Å². The molecule has 2 heterocycles. The highest BCUT2D eigenvalue weighted by Crippen LogP contribution is 2.49. The maximum Gasteiger partial charge on any atom is 0.0548 e. The van der Waals surface area contributed by atoms with E-state index >= 15 is 0 Å². The second-order valence-corrected chi connectivity index (χ2v) is 20.4. The molecule has 0 fully saturated rings. The van der Waals surface area contributed by atoms with E-state index in [2.05, 4.69) is 145 Å². The fourth-order valence-electron chi connectivity index (χ4n) is 9.19. The van der Waals surface area contributed by atoms with E-state index in [1.165, 1.54) is 143 Å². The maximum absolute atomic E-state index is 2.48. The van der Waals surface area contributed by atoms with Crippen molar-refractivity contribution in [1.29, 1.82) is 0 Å². The smallest absolute Gasteiger partial charge is 0.0548 e. The molecule has 8 rings (SSSR count). The lowest BCUT2D eigenvalue weighted by molar-refractivity contribution is 0.437. The van der Waals surface area contributed by atoms with Gasteiger partial charge in [-0.1, -0.05) is 165 Å². The van der Waals surface area contributed by atoms with Crippen LogP contribution in [0, 0.1) is 23.7 Å². The van der Waals surface area contributed by atoms with Crippen LogP contribution in [0.4, 0.5) is 0 Å². The molecule has 0 amide bonds. The summed E-state index contributed by atoms with van der Waals surface area (Å²) in [5.74, 6) is 3.68. The summed E-state index contributed by atoms with van der Waals surface area (Å²) >= 11 is 3.97. The Bertz CT molecular complexity index is 2430. The van der Waals surface area contributed by atoms with Crippen molar-refractivity contribution in [3.05, 3.63) is 125 Å². The van der Waals surface area contributed by atoms with E-state index < -0.39 is 0 Å². The predicted molar refractivity (Wildman–Crippen MR) is 252 cm³/mol. The molecule has 7 aromatic rings. The second-order valence-electron chi connectivity index (χ2n) is 18.3. The standard InChI is InChI=1S/C54H62S2/c1-35(2)9-7-11-37(5)13-15-39-17-21-41(22-18-39)43-25-29-47-45(33-43)27-31-49-51(47)53-54(55-49)52-48-30-26-44(34-46(48)28-32-50(52)56-53)42-23-19-40(20-24-42)16-14-38(6)12-8-10-36(3)4/h17-33,35-38,44H,7-16,34H2,1-6H3. The molecule has 3 atom stereocenters. The molecule has 0 aliphatic heterocycles. The Morgan fingerprint density at radius 2 is 1.12 bits per heavy atom. The van der Waals surface area contributed by atoms with Gasteiger partial charge in [-0.05, 0) is 124 Å². The molecule has 3 unspecified atom stereocenters. The molecule has 0 saturated carbocycles. The lowest BCUT2D eigenvalue weighted by atomic mass is 9.84. The third kappa shape index (κ3) is 8.73. The first-order valence-electron chi connectivity index (χ1n) is 21.9. The van der Waals surface area contributed by atoms with Crippen LogP contribution in [0.2, 0.25) is 0 Å². The van der Waals surface area contributed by atoms with Crippen LogP contribution in [0.25, 0.3) is 57.5 Å². The Kier molecular flexibility index (Phi) is 12.2. The third-order valence-corrected chi connectivity index (χ3v) is 15.3. The molecular formula is C54H62S2. The maximum atomic E-state index is 2.48. The van der Waals surface area contributed by atoms with Crippen LogP contribution in [-0.4, -0.2) is 0 Å². The minimum absolute atomic E-state index is 0.433. The summed E-state index contributed by atoms with van der Waals surface area (Å²) < 4.78 is 5.73.